The molecule has 0 aliphatic carbocycles. The van der Waals surface area contributed by atoms with E-state index in [1.54, 1.807) is 0 Å². The van der Waals surface area contributed by atoms with Crippen LogP contribution in [0.1, 0.15) is 26.7 Å². The van der Waals surface area contributed by atoms with Crippen molar-refractivity contribution in [2.24, 2.45) is 11.7 Å². The number of carbonyl (C=O) groups excluding carboxylic acids is 2. The van der Waals surface area contributed by atoms with Crippen LogP contribution in [0.2, 0.25) is 0 Å². The summed E-state index contributed by atoms with van der Waals surface area (Å²) in [6, 6.07) is 0. The van der Waals surface area contributed by atoms with Gasteiger partial charge in [-0.25, -0.2) is 0 Å². The van der Waals surface area contributed by atoms with E-state index in [1.165, 1.54) is 23.1 Å². The molecule has 2 heterocycles. The van der Waals surface area contributed by atoms with Crippen LogP contribution in [0.15, 0.2) is 4.34 Å². The first kappa shape index (κ1) is 18.0. The first-order valence-corrected chi connectivity index (χ1v) is 9.63. The second-order valence-electron chi connectivity index (χ2n) is 5.43. The van der Waals surface area contributed by atoms with Crippen molar-refractivity contribution < 1.29 is 9.59 Å². The largest absolute Gasteiger partial charge is 0.369 e. The van der Waals surface area contributed by atoms with Gasteiger partial charge in [0.2, 0.25) is 16.9 Å². The Morgan fingerprint density at radius 1 is 1.22 bits per heavy atom. The molecule has 1 aliphatic heterocycles. The highest BCUT2D eigenvalue weighted by atomic mass is 32.2. The van der Waals surface area contributed by atoms with Crippen LogP contribution in [0.4, 0.5) is 5.13 Å². The number of nitrogens with zero attached hydrogens (tertiary/aromatic N) is 4. The summed E-state index contributed by atoms with van der Waals surface area (Å²) in [4.78, 5) is 27.3. The average Bonchev–Trinajstić information content (AvgIpc) is 3.03. The van der Waals surface area contributed by atoms with E-state index in [0.29, 0.717) is 0 Å². The van der Waals surface area contributed by atoms with Gasteiger partial charge in [-0.15, -0.1) is 10.2 Å². The van der Waals surface area contributed by atoms with Crippen LogP contribution < -0.4 is 10.6 Å². The molecule has 0 atom stereocenters. The van der Waals surface area contributed by atoms with Crippen molar-refractivity contribution in [3.8, 4) is 0 Å². The molecule has 2 amide bonds. The third kappa shape index (κ3) is 4.81. The van der Waals surface area contributed by atoms with Crippen LogP contribution in [-0.2, 0) is 9.59 Å². The molecule has 1 aromatic rings. The molecule has 0 bridgehead atoms. The van der Waals surface area contributed by atoms with Gasteiger partial charge in [0.05, 0.1) is 5.75 Å². The van der Waals surface area contributed by atoms with Gasteiger partial charge in [0.1, 0.15) is 0 Å². The summed E-state index contributed by atoms with van der Waals surface area (Å²) < 4.78 is 0.745. The fourth-order valence-electron chi connectivity index (χ4n) is 2.54. The van der Waals surface area contributed by atoms with Gasteiger partial charge in [0, 0.05) is 32.1 Å². The number of nitrogens with two attached hydrogens (primary N) is 1. The number of anilines is 1. The van der Waals surface area contributed by atoms with Crippen molar-refractivity contribution in [2.75, 3.05) is 36.8 Å². The van der Waals surface area contributed by atoms with Crippen LogP contribution in [0.3, 0.4) is 0 Å². The predicted molar refractivity (Wildman–Crippen MR) is 92.7 cm³/mol. The summed E-state index contributed by atoms with van der Waals surface area (Å²) in [5.41, 5.74) is 5.13. The number of amides is 2. The fraction of sp³-hybridized carbons (Fsp3) is 0.714. The summed E-state index contributed by atoms with van der Waals surface area (Å²) in [5.74, 6) is 0.261. The summed E-state index contributed by atoms with van der Waals surface area (Å²) in [6.07, 6.45) is 1.79. The first-order chi connectivity index (χ1) is 11.0. The van der Waals surface area contributed by atoms with Gasteiger partial charge in [-0.2, -0.15) is 0 Å². The Morgan fingerprint density at radius 2 is 1.87 bits per heavy atom. The molecule has 128 valence electrons. The van der Waals surface area contributed by atoms with E-state index in [2.05, 4.69) is 28.9 Å². The van der Waals surface area contributed by atoms with Crippen LogP contribution in [-0.4, -0.2) is 58.8 Å². The highest BCUT2D eigenvalue weighted by Gasteiger charge is 2.26. The molecule has 0 radical (unpaired) electrons. The minimum atomic E-state index is -0.361. The van der Waals surface area contributed by atoms with Gasteiger partial charge in [-0.1, -0.05) is 36.9 Å². The molecule has 2 N–H and O–H groups in total. The number of carbonyl (C=O) groups is 2. The molecule has 1 aromatic heterocycles. The number of rotatable bonds is 7. The van der Waals surface area contributed by atoms with E-state index in [9.17, 15) is 9.59 Å². The summed E-state index contributed by atoms with van der Waals surface area (Å²) in [6.45, 7) is 7.10. The molecule has 2 rings (SSSR count). The molecule has 1 saturated heterocycles. The molecule has 0 saturated carbocycles. The van der Waals surface area contributed by atoms with Crippen molar-refractivity contribution in [3.05, 3.63) is 0 Å². The van der Waals surface area contributed by atoms with E-state index in [1.807, 2.05) is 4.90 Å². The lowest BCUT2D eigenvalue weighted by Gasteiger charge is -2.35. The van der Waals surface area contributed by atoms with E-state index in [0.717, 1.165) is 48.5 Å². The summed E-state index contributed by atoms with van der Waals surface area (Å²) in [7, 11) is 0. The minimum Gasteiger partial charge on any atom is -0.369 e. The lowest BCUT2D eigenvalue weighted by molar-refractivity contribution is -0.136. The molecule has 0 aromatic carbocycles. The quantitative estimate of drug-likeness (QED) is 0.737. The fourth-order valence-corrected chi connectivity index (χ4v) is 4.17. The zero-order chi connectivity index (χ0) is 16.8. The Morgan fingerprint density at radius 3 is 2.43 bits per heavy atom. The molecule has 0 unspecified atom stereocenters. The van der Waals surface area contributed by atoms with Crippen molar-refractivity contribution in [3.63, 3.8) is 0 Å². The van der Waals surface area contributed by atoms with Gasteiger partial charge < -0.3 is 15.5 Å². The van der Waals surface area contributed by atoms with Gasteiger partial charge in [-0.05, 0) is 12.8 Å². The topological polar surface area (TPSA) is 92.4 Å². The maximum absolute atomic E-state index is 12.4. The van der Waals surface area contributed by atoms with Crippen LogP contribution in [0.5, 0.6) is 0 Å². The first-order valence-electron chi connectivity index (χ1n) is 7.83. The van der Waals surface area contributed by atoms with Gasteiger partial charge in [-0.3, -0.25) is 9.59 Å². The van der Waals surface area contributed by atoms with Crippen LogP contribution in [0, 0.1) is 5.92 Å². The van der Waals surface area contributed by atoms with Crippen molar-refractivity contribution in [1.29, 1.82) is 0 Å². The van der Waals surface area contributed by atoms with Gasteiger partial charge >= 0.3 is 0 Å². The van der Waals surface area contributed by atoms with Crippen molar-refractivity contribution >= 4 is 40.0 Å². The zero-order valence-corrected chi connectivity index (χ0v) is 15.2. The number of aromatic nitrogens is 2. The number of thioether (sulfide) groups is 1. The number of hydrogen-bond acceptors (Lipinski definition) is 7. The SMILES string of the molecule is CCC(CC)C(=O)N1CCN(c2nnc(SCC(N)=O)s2)CC1. The Bertz CT molecular complexity index is 539. The predicted octanol–water partition coefficient (Wildman–Crippen LogP) is 1.20. The molecular formula is C14H23N5O2S2. The third-order valence-corrected chi connectivity index (χ3v) is 6.07. The van der Waals surface area contributed by atoms with E-state index < -0.39 is 0 Å². The average molecular weight is 358 g/mol. The summed E-state index contributed by atoms with van der Waals surface area (Å²) >= 11 is 2.77. The Hall–Kier alpha value is -1.35. The Labute approximate surface area is 144 Å². The Kier molecular flexibility index (Phi) is 6.64. The van der Waals surface area contributed by atoms with Crippen LogP contribution >= 0.6 is 23.1 Å². The highest BCUT2D eigenvalue weighted by Crippen LogP contribution is 2.28. The smallest absolute Gasteiger partial charge is 0.227 e. The molecule has 23 heavy (non-hydrogen) atoms. The van der Waals surface area contributed by atoms with E-state index >= 15 is 0 Å². The normalized spacial score (nSPS) is 15.3. The molecular weight excluding hydrogens is 334 g/mol. The second kappa shape index (κ2) is 8.49. The molecule has 7 nitrogen and oxygen atoms in total. The van der Waals surface area contributed by atoms with Crippen molar-refractivity contribution in [2.45, 2.75) is 31.0 Å². The number of piperazine rings is 1. The number of hydrogen-bond donors (Lipinski definition) is 1. The van der Waals surface area contributed by atoms with E-state index in [-0.39, 0.29) is 23.5 Å². The van der Waals surface area contributed by atoms with Crippen molar-refractivity contribution in [1.82, 2.24) is 15.1 Å². The van der Waals surface area contributed by atoms with Crippen LogP contribution in [0.25, 0.3) is 0 Å². The molecule has 1 aliphatic rings. The molecule has 0 spiro atoms. The summed E-state index contributed by atoms with van der Waals surface area (Å²) in [5, 5.41) is 9.09. The lowest BCUT2D eigenvalue weighted by Crippen LogP contribution is -2.50. The third-order valence-electron chi connectivity index (χ3n) is 3.93. The second-order valence-corrected chi connectivity index (χ2v) is 7.61. The highest BCUT2D eigenvalue weighted by molar-refractivity contribution is 8.01. The van der Waals surface area contributed by atoms with Gasteiger partial charge in [0.15, 0.2) is 4.34 Å². The standard InChI is InChI=1S/C14H23N5O2S2/c1-3-10(4-2)12(21)18-5-7-19(8-6-18)13-16-17-14(23-13)22-9-11(15)20/h10H,3-9H2,1-2H3,(H2,15,20). The van der Waals surface area contributed by atoms with Gasteiger partial charge in [0.25, 0.3) is 0 Å². The number of primary amides is 1. The molecule has 9 heteroatoms. The lowest BCUT2D eigenvalue weighted by atomic mass is 10.0. The monoisotopic (exact) mass is 357 g/mol. The van der Waals surface area contributed by atoms with E-state index in [4.69, 9.17) is 5.73 Å². The zero-order valence-electron chi connectivity index (χ0n) is 13.5. The maximum Gasteiger partial charge on any atom is 0.227 e. The maximum atomic E-state index is 12.4. The minimum absolute atomic E-state index is 0.139. The Balaban J connectivity index is 1.87. The molecule has 1 fully saturated rings.